The molecule has 1 heterocycles. The van der Waals surface area contributed by atoms with Gasteiger partial charge in [-0.05, 0) is 30.4 Å². The van der Waals surface area contributed by atoms with E-state index in [1.807, 2.05) is 4.90 Å². The number of hydrogen-bond donors (Lipinski definition) is 1. The number of rotatable bonds is 2. The largest absolute Gasteiger partial charge is 0.496 e. The smallest absolute Gasteiger partial charge is 0.257 e. The Morgan fingerprint density at radius 2 is 1.95 bits per heavy atom. The summed E-state index contributed by atoms with van der Waals surface area (Å²) >= 11 is 0. The van der Waals surface area contributed by atoms with Crippen molar-refractivity contribution in [1.82, 2.24) is 4.90 Å². The van der Waals surface area contributed by atoms with Crippen molar-refractivity contribution in [2.45, 2.75) is 20.3 Å². The normalized spacial score (nSPS) is 23.2. The van der Waals surface area contributed by atoms with E-state index in [-0.39, 0.29) is 5.91 Å². The maximum atomic E-state index is 12.6. The van der Waals surface area contributed by atoms with Crippen LogP contribution in [-0.4, -0.2) is 31.0 Å². The fourth-order valence-corrected chi connectivity index (χ4v) is 2.88. The fraction of sp³-hybridized carbons (Fsp3) is 0.533. The molecule has 0 aliphatic carbocycles. The van der Waals surface area contributed by atoms with Gasteiger partial charge in [-0.2, -0.15) is 0 Å². The minimum Gasteiger partial charge on any atom is -0.496 e. The molecule has 1 aromatic rings. The lowest BCUT2D eigenvalue weighted by atomic mass is 9.91. The molecule has 1 fully saturated rings. The average Bonchev–Trinajstić information content (AvgIpc) is 2.36. The van der Waals surface area contributed by atoms with E-state index in [1.54, 1.807) is 25.3 Å². The zero-order valence-electron chi connectivity index (χ0n) is 11.8. The summed E-state index contributed by atoms with van der Waals surface area (Å²) in [6.45, 7) is 6.01. The van der Waals surface area contributed by atoms with E-state index in [0.717, 1.165) is 13.1 Å². The Kier molecular flexibility index (Phi) is 3.98. The third-order valence-corrected chi connectivity index (χ3v) is 3.61. The van der Waals surface area contributed by atoms with Crippen molar-refractivity contribution in [2.24, 2.45) is 11.8 Å². The molecule has 0 spiro atoms. The van der Waals surface area contributed by atoms with Gasteiger partial charge in [0.15, 0.2) is 0 Å². The summed E-state index contributed by atoms with van der Waals surface area (Å²) < 4.78 is 5.26. The van der Waals surface area contributed by atoms with E-state index in [1.165, 1.54) is 6.42 Å². The Hall–Kier alpha value is -1.71. The van der Waals surface area contributed by atoms with Gasteiger partial charge < -0.3 is 15.4 Å². The van der Waals surface area contributed by atoms with Crippen LogP contribution < -0.4 is 10.5 Å². The third-order valence-electron chi connectivity index (χ3n) is 3.61. The number of amides is 1. The van der Waals surface area contributed by atoms with Gasteiger partial charge in [0.2, 0.25) is 0 Å². The molecule has 1 aromatic carbocycles. The van der Waals surface area contributed by atoms with Crippen LogP contribution in [0.3, 0.4) is 0 Å². The molecular weight excluding hydrogens is 240 g/mol. The number of piperidine rings is 1. The number of nitrogens with zero attached hydrogens (tertiary/aromatic N) is 1. The van der Waals surface area contributed by atoms with Gasteiger partial charge in [0.1, 0.15) is 5.75 Å². The first-order valence-electron chi connectivity index (χ1n) is 6.74. The van der Waals surface area contributed by atoms with Gasteiger partial charge in [-0.1, -0.05) is 13.8 Å². The SMILES string of the molecule is COc1cc(N)ccc1C(=O)N1CC(C)CC(C)C1. The van der Waals surface area contributed by atoms with Crippen molar-refractivity contribution in [3.63, 3.8) is 0 Å². The first-order valence-corrected chi connectivity index (χ1v) is 6.74. The Bertz CT molecular complexity index is 463. The highest BCUT2D eigenvalue weighted by Gasteiger charge is 2.27. The zero-order valence-corrected chi connectivity index (χ0v) is 11.8. The molecule has 0 saturated carbocycles. The van der Waals surface area contributed by atoms with E-state index < -0.39 is 0 Å². The molecule has 1 aliphatic rings. The molecule has 1 amide bonds. The molecule has 2 atom stereocenters. The number of nitrogens with two attached hydrogens (primary N) is 1. The molecule has 2 rings (SSSR count). The van der Waals surface area contributed by atoms with E-state index >= 15 is 0 Å². The molecule has 4 nitrogen and oxygen atoms in total. The van der Waals surface area contributed by atoms with E-state index in [4.69, 9.17) is 10.5 Å². The van der Waals surface area contributed by atoms with E-state index in [2.05, 4.69) is 13.8 Å². The summed E-state index contributed by atoms with van der Waals surface area (Å²) in [7, 11) is 1.56. The maximum absolute atomic E-state index is 12.6. The van der Waals surface area contributed by atoms with Gasteiger partial charge in [-0.15, -0.1) is 0 Å². The number of nitrogen functional groups attached to an aromatic ring is 1. The Morgan fingerprint density at radius 1 is 1.32 bits per heavy atom. The van der Waals surface area contributed by atoms with Crippen molar-refractivity contribution in [3.05, 3.63) is 23.8 Å². The number of anilines is 1. The number of likely N-dealkylation sites (tertiary alicyclic amines) is 1. The Labute approximate surface area is 114 Å². The molecule has 104 valence electrons. The highest BCUT2D eigenvalue weighted by molar-refractivity contribution is 5.97. The Morgan fingerprint density at radius 3 is 2.53 bits per heavy atom. The second kappa shape index (κ2) is 5.51. The second-order valence-corrected chi connectivity index (χ2v) is 5.62. The number of carbonyl (C=O) groups excluding carboxylic acids is 1. The summed E-state index contributed by atoms with van der Waals surface area (Å²) in [5, 5.41) is 0. The van der Waals surface area contributed by atoms with Crippen LogP contribution in [0.15, 0.2) is 18.2 Å². The monoisotopic (exact) mass is 262 g/mol. The Balaban J connectivity index is 2.24. The minimum absolute atomic E-state index is 0.0373. The van der Waals surface area contributed by atoms with Crippen molar-refractivity contribution in [3.8, 4) is 5.75 Å². The zero-order chi connectivity index (χ0) is 14.0. The fourth-order valence-electron chi connectivity index (χ4n) is 2.88. The van der Waals surface area contributed by atoms with Crippen molar-refractivity contribution >= 4 is 11.6 Å². The van der Waals surface area contributed by atoms with Crippen LogP contribution in [0.1, 0.15) is 30.6 Å². The second-order valence-electron chi connectivity index (χ2n) is 5.62. The number of methoxy groups -OCH3 is 1. The molecule has 2 N–H and O–H groups in total. The van der Waals surface area contributed by atoms with Gasteiger partial charge >= 0.3 is 0 Å². The minimum atomic E-state index is 0.0373. The topological polar surface area (TPSA) is 55.6 Å². The van der Waals surface area contributed by atoms with Crippen molar-refractivity contribution < 1.29 is 9.53 Å². The van der Waals surface area contributed by atoms with Crippen LogP contribution >= 0.6 is 0 Å². The van der Waals surface area contributed by atoms with Crippen LogP contribution in [0.4, 0.5) is 5.69 Å². The standard InChI is InChI=1S/C15H22N2O2/c1-10-6-11(2)9-17(8-10)15(18)13-5-4-12(16)7-14(13)19-3/h4-5,7,10-11H,6,8-9,16H2,1-3H3. The molecule has 19 heavy (non-hydrogen) atoms. The van der Waals surface area contributed by atoms with Crippen LogP contribution in [0.5, 0.6) is 5.75 Å². The lowest BCUT2D eigenvalue weighted by molar-refractivity contribution is 0.0620. The number of hydrogen-bond acceptors (Lipinski definition) is 3. The van der Waals surface area contributed by atoms with Crippen molar-refractivity contribution in [2.75, 3.05) is 25.9 Å². The summed E-state index contributed by atoms with van der Waals surface area (Å²) in [6, 6.07) is 5.19. The molecule has 1 aliphatic heterocycles. The van der Waals surface area contributed by atoms with Crippen LogP contribution in [0, 0.1) is 11.8 Å². The quantitative estimate of drug-likeness (QED) is 0.833. The number of carbonyl (C=O) groups is 1. The van der Waals surface area contributed by atoms with Crippen LogP contribution in [-0.2, 0) is 0 Å². The average molecular weight is 262 g/mol. The molecule has 1 saturated heterocycles. The van der Waals surface area contributed by atoms with Crippen LogP contribution in [0.2, 0.25) is 0 Å². The van der Waals surface area contributed by atoms with Gasteiger partial charge in [0.25, 0.3) is 5.91 Å². The predicted molar refractivity (Wildman–Crippen MR) is 76.3 cm³/mol. The van der Waals surface area contributed by atoms with Crippen LogP contribution in [0.25, 0.3) is 0 Å². The van der Waals surface area contributed by atoms with Gasteiger partial charge in [0.05, 0.1) is 12.7 Å². The highest BCUT2D eigenvalue weighted by atomic mass is 16.5. The molecule has 4 heteroatoms. The lowest BCUT2D eigenvalue weighted by Crippen LogP contribution is -2.42. The first kappa shape index (κ1) is 13.7. The van der Waals surface area contributed by atoms with E-state index in [9.17, 15) is 4.79 Å². The maximum Gasteiger partial charge on any atom is 0.257 e. The summed E-state index contributed by atoms with van der Waals surface area (Å²) in [6.07, 6.45) is 1.18. The van der Waals surface area contributed by atoms with Gasteiger partial charge in [-0.25, -0.2) is 0 Å². The summed E-state index contributed by atoms with van der Waals surface area (Å²) in [4.78, 5) is 14.5. The van der Waals surface area contributed by atoms with Gasteiger partial charge in [0, 0.05) is 24.8 Å². The lowest BCUT2D eigenvalue weighted by Gasteiger charge is -2.35. The summed E-state index contributed by atoms with van der Waals surface area (Å²) in [5.74, 6) is 1.69. The first-order chi connectivity index (χ1) is 9.01. The molecule has 2 unspecified atom stereocenters. The van der Waals surface area contributed by atoms with E-state index in [0.29, 0.717) is 28.8 Å². The molecule has 0 aromatic heterocycles. The number of benzene rings is 1. The summed E-state index contributed by atoms with van der Waals surface area (Å²) in [5.41, 5.74) is 6.92. The molecular formula is C15H22N2O2. The van der Waals surface area contributed by atoms with Gasteiger partial charge in [-0.3, -0.25) is 4.79 Å². The number of ether oxygens (including phenoxy) is 1. The highest BCUT2D eigenvalue weighted by Crippen LogP contribution is 2.27. The molecule has 0 radical (unpaired) electrons. The third kappa shape index (κ3) is 3.00. The molecule has 0 bridgehead atoms. The van der Waals surface area contributed by atoms with Crippen molar-refractivity contribution in [1.29, 1.82) is 0 Å². The predicted octanol–water partition coefficient (Wildman–Crippen LogP) is 2.40.